The van der Waals surface area contributed by atoms with Crippen molar-refractivity contribution >= 4 is 22.6 Å². The fourth-order valence-corrected chi connectivity index (χ4v) is 1.37. The number of hydrogen-bond donors (Lipinski definition) is 0. The van der Waals surface area contributed by atoms with Gasteiger partial charge in [0, 0.05) is 24.2 Å². The first-order valence-electron chi connectivity index (χ1n) is 3.75. The van der Waals surface area contributed by atoms with Gasteiger partial charge in [0.1, 0.15) is 3.70 Å². The lowest BCUT2D eigenvalue weighted by atomic mass is 10.2. The molecule has 0 saturated heterocycles. The lowest BCUT2D eigenvalue weighted by molar-refractivity contribution is 1.14. The van der Waals surface area contributed by atoms with Crippen LogP contribution in [0.2, 0.25) is 0 Å². The largest absolute Gasteiger partial charge is 0.265 e. The molecule has 2 aromatic rings. The zero-order valence-electron chi connectivity index (χ0n) is 6.68. The Kier molecular flexibility index (Phi) is 2.49. The molecule has 0 aliphatic heterocycles. The summed E-state index contributed by atoms with van der Waals surface area (Å²) in [6.07, 6.45) is 5.22. The molecule has 2 rings (SSSR count). The van der Waals surface area contributed by atoms with E-state index in [0.29, 0.717) is 0 Å². The van der Waals surface area contributed by atoms with Crippen molar-refractivity contribution in [1.82, 2.24) is 15.0 Å². The van der Waals surface area contributed by atoms with Crippen molar-refractivity contribution in [1.29, 1.82) is 0 Å². The number of nitrogens with zero attached hydrogens (tertiary/aromatic N) is 3. The van der Waals surface area contributed by atoms with Crippen LogP contribution < -0.4 is 0 Å². The Bertz CT molecular complexity index is 403. The molecule has 0 N–H and O–H groups in total. The van der Waals surface area contributed by atoms with Crippen LogP contribution in [0.3, 0.4) is 0 Å². The SMILES string of the molecule is Ic1ccnc(-c2ccncc2)n1. The smallest absolute Gasteiger partial charge is 0.160 e. The molecule has 0 aromatic carbocycles. The van der Waals surface area contributed by atoms with Gasteiger partial charge in [-0.05, 0) is 40.8 Å². The van der Waals surface area contributed by atoms with Gasteiger partial charge in [0.05, 0.1) is 0 Å². The minimum Gasteiger partial charge on any atom is -0.265 e. The van der Waals surface area contributed by atoms with Gasteiger partial charge in [-0.3, -0.25) is 4.98 Å². The second-order valence-electron chi connectivity index (χ2n) is 2.44. The first-order chi connectivity index (χ1) is 6.36. The number of rotatable bonds is 1. The number of halogens is 1. The summed E-state index contributed by atoms with van der Waals surface area (Å²) in [6.45, 7) is 0. The minimum absolute atomic E-state index is 0.745. The molecule has 13 heavy (non-hydrogen) atoms. The third kappa shape index (κ3) is 2.00. The van der Waals surface area contributed by atoms with Crippen molar-refractivity contribution in [2.24, 2.45) is 0 Å². The van der Waals surface area contributed by atoms with Gasteiger partial charge in [0.2, 0.25) is 0 Å². The summed E-state index contributed by atoms with van der Waals surface area (Å²) in [5.74, 6) is 0.745. The molecule has 0 fully saturated rings. The zero-order chi connectivity index (χ0) is 9.10. The van der Waals surface area contributed by atoms with Crippen LogP contribution in [0.4, 0.5) is 0 Å². The van der Waals surface area contributed by atoms with E-state index in [1.807, 2.05) is 18.2 Å². The van der Waals surface area contributed by atoms with Gasteiger partial charge in [-0.25, -0.2) is 9.97 Å². The Balaban J connectivity index is 2.48. The van der Waals surface area contributed by atoms with E-state index in [2.05, 4.69) is 37.5 Å². The third-order valence-electron chi connectivity index (χ3n) is 1.56. The second kappa shape index (κ2) is 3.78. The number of pyridine rings is 1. The maximum Gasteiger partial charge on any atom is 0.160 e. The molecule has 64 valence electrons. The van der Waals surface area contributed by atoms with Gasteiger partial charge >= 0.3 is 0 Å². The van der Waals surface area contributed by atoms with Crippen molar-refractivity contribution in [2.45, 2.75) is 0 Å². The summed E-state index contributed by atoms with van der Waals surface area (Å²) < 4.78 is 0.944. The quantitative estimate of drug-likeness (QED) is 0.594. The maximum atomic E-state index is 4.29. The molecule has 0 unspecified atom stereocenters. The van der Waals surface area contributed by atoms with Crippen LogP contribution in [0, 0.1) is 3.70 Å². The van der Waals surface area contributed by atoms with Crippen LogP contribution in [-0.2, 0) is 0 Å². The van der Waals surface area contributed by atoms with Crippen LogP contribution >= 0.6 is 22.6 Å². The maximum absolute atomic E-state index is 4.29. The molecule has 0 bridgehead atoms. The molecule has 0 saturated carbocycles. The van der Waals surface area contributed by atoms with Gasteiger partial charge in [0.15, 0.2) is 5.82 Å². The summed E-state index contributed by atoms with van der Waals surface area (Å²) >= 11 is 2.17. The van der Waals surface area contributed by atoms with Crippen molar-refractivity contribution in [2.75, 3.05) is 0 Å². The second-order valence-corrected chi connectivity index (χ2v) is 3.54. The predicted molar refractivity (Wildman–Crippen MR) is 58.0 cm³/mol. The highest BCUT2D eigenvalue weighted by atomic mass is 127. The van der Waals surface area contributed by atoms with Gasteiger partial charge in [-0.2, -0.15) is 0 Å². The summed E-state index contributed by atoms with van der Waals surface area (Å²) in [6, 6.07) is 5.65. The average Bonchev–Trinajstić information content (AvgIpc) is 2.19. The molecule has 0 aliphatic carbocycles. The van der Waals surface area contributed by atoms with E-state index in [0.717, 1.165) is 15.1 Å². The highest BCUT2D eigenvalue weighted by Crippen LogP contribution is 2.13. The molecular formula is C9H6IN3. The first kappa shape index (κ1) is 8.55. The normalized spacial score (nSPS) is 9.92. The summed E-state index contributed by atoms with van der Waals surface area (Å²) in [5, 5.41) is 0. The van der Waals surface area contributed by atoms with E-state index in [9.17, 15) is 0 Å². The van der Waals surface area contributed by atoms with E-state index in [4.69, 9.17) is 0 Å². The van der Waals surface area contributed by atoms with Crippen molar-refractivity contribution in [3.05, 3.63) is 40.5 Å². The molecule has 2 heterocycles. The van der Waals surface area contributed by atoms with Crippen LogP contribution in [-0.4, -0.2) is 15.0 Å². The lowest BCUT2D eigenvalue weighted by Crippen LogP contribution is -1.89. The van der Waals surface area contributed by atoms with Gasteiger partial charge in [-0.1, -0.05) is 0 Å². The van der Waals surface area contributed by atoms with E-state index >= 15 is 0 Å². The molecule has 0 radical (unpaired) electrons. The molecule has 0 atom stereocenters. The van der Waals surface area contributed by atoms with Gasteiger partial charge in [-0.15, -0.1) is 0 Å². The van der Waals surface area contributed by atoms with Crippen LogP contribution in [0.1, 0.15) is 0 Å². The summed E-state index contributed by atoms with van der Waals surface area (Å²) in [7, 11) is 0. The predicted octanol–water partition coefficient (Wildman–Crippen LogP) is 2.14. The Morgan fingerprint density at radius 2 is 1.77 bits per heavy atom. The average molecular weight is 283 g/mol. The standard InChI is InChI=1S/C9H6IN3/c10-8-3-6-12-9(13-8)7-1-4-11-5-2-7/h1-6H. The molecule has 0 spiro atoms. The number of hydrogen-bond acceptors (Lipinski definition) is 3. The van der Waals surface area contributed by atoms with Crippen LogP contribution in [0.15, 0.2) is 36.8 Å². The Morgan fingerprint density at radius 1 is 1.00 bits per heavy atom. The summed E-state index contributed by atoms with van der Waals surface area (Å²) in [4.78, 5) is 12.4. The van der Waals surface area contributed by atoms with E-state index in [1.54, 1.807) is 18.6 Å². The molecule has 0 amide bonds. The van der Waals surface area contributed by atoms with Crippen molar-refractivity contribution in [3.63, 3.8) is 0 Å². The monoisotopic (exact) mass is 283 g/mol. The van der Waals surface area contributed by atoms with E-state index in [1.165, 1.54) is 0 Å². The van der Waals surface area contributed by atoms with Crippen molar-refractivity contribution < 1.29 is 0 Å². The Morgan fingerprint density at radius 3 is 2.46 bits per heavy atom. The molecule has 0 aliphatic rings. The van der Waals surface area contributed by atoms with Crippen LogP contribution in [0.25, 0.3) is 11.4 Å². The molecule has 4 heteroatoms. The molecule has 3 nitrogen and oxygen atoms in total. The van der Waals surface area contributed by atoms with Gasteiger partial charge in [0.25, 0.3) is 0 Å². The fraction of sp³-hybridized carbons (Fsp3) is 0. The third-order valence-corrected chi connectivity index (χ3v) is 2.16. The lowest BCUT2D eigenvalue weighted by Gasteiger charge is -1.98. The topological polar surface area (TPSA) is 38.7 Å². The van der Waals surface area contributed by atoms with Gasteiger partial charge < -0.3 is 0 Å². The number of aromatic nitrogens is 3. The first-order valence-corrected chi connectivity index (χ1v) is 4.83. The van der Waals surface area contributed by atoms with Crippen molar-refractivity contribution in [3.8, 4) is 11.4 Å². The van der Waals surface area contributed by atoms with E-state index in [-0.39, 0.29) is 0 Å². The Labute approximate surface area is 89.4 Å². The highest BCUT2D eigenvalue weighted by molar-refractivity contribution is 14.1. The van der Waals surface area contributed by atoms with E-state index < -0.39 is 0 Å². The van der Waals surface area contributed by atoms with Crippen LogP contribution in [0.5, 0.6) is 0 Å². The minimum atomic E-state index is 0.745. The zero-order valence-corrected chi connectivity index (χ0v) is 8.84. The highest BCUT2D eigenvalue weighted by Gasteiger charge is 1.99. The molecular weight excluding hydrogens is 277 g/mol. The molecule has 2 aromatic heterocycles. The fourth-order valence-electron chi connectivity index (χ4n) is 0.977. The summed E-state index contributed by atoms with van der Waals surface area (Å²) in [5.41, 5.74) is 0.994. The Hall–Kier alpha value is -1.04.